The summed E-state index contributed by atoms with van der Waals surface area (Å²) < 4.78 is 9.18. The molecule has 1 aliphatic heterocycles. The van der Waals surface area contributed by atoms with Gasteiger partial charge in [0.15, 0.2) is 0 Å². The average Bonchev–Trinajstić information content (AvgIpc) is 2.99. The highest BCUT2D eigenvalue weighted by Crippen LogP contribution is 2.63. The number of fused-ring (bicyclic) bond motifs is 2. The summed E-state index contributed by atoms with van der Waals surface area (Å²) in [6.07, 6.45) is 1.97. The summed E-state index contributed by atoms with van der Waals surface area (Å²) in [5.74, 6) is 0.849. The minimum atomic E-state index is -0.202. The number of hydrogen-bond acceptors (Lipinski definition) is 6. The normalized spacial score (nSPS) is 26.9. The first-order valence-corrected chi connectivity index (χ1v) is 13.2. The number of nitrogens with zero attached hydrogens (tertiary/aromatic N) is 3. The van der Waals surface area contributed by atoms with E-state index < -0.39 is 0 Å². The highest BCUT2D eigenvalue weighted by atomic mass is 35.5. The van der Waals surface area contributed by atoms with Gasteiger partial charge in [-0.1, -0.05) is 25.4 Å². The predicted molar refractivity (Wildman–Crippen MR) is 136 cm³/mol. The topological polar surface area (TPSA) is 90.5 Å². The Labute approximate surface area is 213 Å². The first kappa shape index (κ1) is 23.0. The number of halogens is 1. The van der Waals surface area contributed by atoms with Crippen molar-refractivity contribution in [3.63, 3.8) is 0 Å². The molecule has 2 N–H and O–H groups in total. The van der Waals surface area contributed by atoms with Crippen LogP contribution in [0.15, 0.2) is 18.2 Å². The Hall–Kier alpha value is -2.42. The number of ether oxygens (including phenoxy) is 1. The number of aryl methyl sites for hydroxylation is 2. The van der Waals surface area contributed by atoms with Gasteiger partial charge in [-0.15, -0.1) is 11.3 Å². The standard InChI is InChI=1S/C26H29ClN4O3S/c1-12-5-14(27)8-17(22(12)34-11-13-6-15(28)7-13)21-23-18(29-30(21)4)9-16(35-23)10-31-24(32)19-20(25(31)33)26(19,2)3/h5,8-9,13,15,19-20H,6-7,10-11,28H2,1-4H3. The van der Waals surface area contributed by atoms with Crippen LogP contribution in [-0.2, 0) is 23.2 Å². The fraction of sp³-hybridized carbons (Fsp3) is 0.500. The van der Waals surface area contributed by atoms with E-state index in [2.05, 4.69) is 0 Å². The number of hydrogen-bond donors (Lipinski definition) is 1. The van der Waals surface area contributed by atoms with Crippen LogP contribution in [0.3, 0.4) is 0 Å². The molecule has 184 valence electrons. The molecule has 2 aliphatic carbocycles. The maximum absolute atomic E-state index is 12.8. The van der Waals surface area contributed by atoms with Gasteiger partial charge in [0.05, 0.1) is 35.4 Å². The van der Waals surface area contributed by atoms with Crippen molar-refractivity contribution in [3.8, 4) is 17.0 Å². The van der Waals surface area contributed by atoms with Gasteiger partial charge in [0, 0.05) is 28.6 Å². The number of piperidine rings is 1. The SMILES string of the molecule is Cc1cc(Cl)cc(-c2c3sc(CN4C(=O)C5C(C4=O)C5(C)C)cc3nn2C)c1OCC1CC(N)C1. The Morgan fingerprint density at radius 2 is 1.89 bits per heavy atom. The molecule has 1 aromatic carbocycles. The number of imide groups is 1. The highest BCUT2D eigenvalue weighted by Gasteiger charge is 2.72. The molecule has 2 aromatic heterocycles. The molecule has 7 nitrogen and oxygen atoms in total. The molecule has 3 aromatic rings. The van der Waals surface area contributed by atoms with Gasteiger partial charge in [0.25, 0.3) is 0 Å². The molecular formula is C26H29ClN4O3S. The second-order valence-corrected chi connectivity index (χ2v) is 12.5. The molecule has 2 atom stereocenters. The molecule has 0 bridgehead atoms. The Morgan fingerprint density at radius 3 is 2.54 bits per heavy atom. The molecule has 9 heteroatoms. The highest BCUT2D eigenvalue weighted by molar-refractivity contribution is 7.19. The number of aromatic nitrogens is 2. The third kappa shape index (κ3) is 3.52. The molecule has 2 amide bonds. The van der Waals surface area contributed by atoms with Crippen molar-refractivity contribution in [2.75, 3.05) is 6.61 Å². The van der Waals surface area contributed by atoms with E-state index in [1.807, 2.05) is 50.7 Å². The Morgan fingerprint density at radius 1 is 1.20 bits per heavy atom. The van der Waals surface area contributed by atoms with E-state index >= 15 is 0 Å². The third-order valence-corrected chi connectivity index (χ3v) is 9.33. The van der Waals surface area contributed by atoms with Crippen LogP contribution in [0.5, 0.6) is 5.75 Å². The molecule has 3 aliphatic rings. The summed E-state index contributed by atoms with van der Waals surface area (Å²) >= 11 is 8.04. The molecule has 0 radical (unpaired) electrons. The van der Waals surface area contributed by atoms with Crippen molar-refractivity contribution in [1.82, 2.24) is 14.7 Å². The minimum absolute atomic E-state index is 0.0475. The van der Waals surface area contributed by atoms with Gasteiger partial charge in [-0.05, 0) is 54.9 Å². The summed E-state index contributed by atoms with van der Waals surface area (Å²) in [6, 6.07) is 6.10. The van der Waals surface area contributed by atoms with Crippen LogP contribution in [0.4, 0.5) is 0 Å². The lowest BCUT2D eigenvalue weighted by Gasteiger charge is -2.32. The largest absolute Gasteiger partial charge is 0.492 e. The van der Waals surface area contributed by atoms with Crippen molar-refractivity contribution in [3.05, 3.63) is 33.7 Å². The van der Waals surface area contributed by atoms with Crippen LogP contribution in [0.1, 0.15) is 37.1 Å². The third-order valence-electron chi connectivity index (χ3n) is 8.00. The number of rotatable bonds is 6. The Kier molecular flexibility index (Phi) is 5.12. The van der Waals surface area contributed by atoms with E-state index in [1.165, 1.54) is 4.90 Å². The van der Waals surface area contributed by atoms with Gasteiger partial charge in [0.2, 0.25) is 11.8 Å². The fourth-order valence-electron chi connectivity index (χ4n) is 5.95. The Bertz CT molecular complexity index is 1360. The number of likely N-dealkylation sites (tertiary alicyclic amines) is 1. The van der Waals surface area contributed by atoms with Crippen molar-refractivity contribution in [2.24, 2.45) is 36.0 Å². The molecule has 2 saturated carbocycles. The van der Waals surface area contributed by atoms with Crippen molar-refractivity contribution >= 4 is 45.0 Å². The van der Waals surface area contributed by atoms with E-state index in [1.54, 1.807) is 11.3 Å². The monoisotopic (exact) mass is 512 g/mol. The smallest absolute Gasteiger partial charge is 0.234 e. The van der Waals surface area contributed by atoms with Crippen LogP contribution in [0, 0.1) is 30.1 Å². The predicted octanol–water partition coefficient (Wildman–Crippen LogP) is 4.52. The Balaban J connectivity index is 1.32. The van der Waals surface area contributed by atoms with Crippen molar-refractivity contribution < 1.29 is 14.3 Å². The number of carbonyl (C=O) groups is 2. The van der Waals surface area contributed by atoms with Gasteiger partial charge < -0.3 is 10.5 Å². The van der Waals surface area contributed by atoms with E-state index in [4.69, 9.17) is 27.2 Å². The van der Waals surface area contributed by atoms with Gasteiger partial charge in [-0.2, -0.15) is 5.10 Å². The van der Waals surface area contributed by atoms with Crippen LogP contribution in [-0.4, -0.2) is 39.1 Å². The van der Waals surface area contributed by atoms with Gasteiger partial charge in [0.1, 0.15) is 11.3 Å². The van der Waals surface area contributed by atoms with E-state index in [9.17, 15) is 9.59 Å². The molecule has 1 saturated heterocycles. The summed E-state index contributed by atoms with van der Waals surface area (Å²) in [6.45, 7) is 6.92. The number of carbonyl (C=O) groups excluding carboxylic acids is 2. The van der Waals surface area contributed by atoms with Crippen molar-refractivity contribution in [1.29, 1.82) is 0 Å². The van der Waals surface area contributed by atoms with E-state index in [0.29, 0.717) is 24.1 Å². The molecule has 35 heavy (non-hydrogen) atoms. The van der Waals surface area contributed by atoms with Crippen LogP contribution in [0.2, 0.25) is 5.02 Å². The minimum Gasteiger partial charge on any atom is -0.492 e. The first-order valence-electron chi connectivity index (χ1n) is 12.1. The number of amides is 2. The maximum Gasteiger partial charge on any atom is 0.234 e. The molecular weight excluding hydrogens is 484 g/mol. The van der Waals surface area contributed by atoms with Crippen LogP contribution < -0.4 is 10.5 Å². The van der Waals surface area contributed by atoms with Crippen molar-refractivity contribution in [2.45, 2.75) is 46.2 Å². The number of benzene rings is 1. The number of thiophene rings is 1. The van der Waals surface area contributed by atoms with Crippen LogP contribution >= 0.6 is 22.9 Å². The molecule has 2 unspecified atom stereocenters. The zero-order chi connectivity index (χ0) is 24.8. The second kappa shape index (κ2) is 7.79. The lowest BCUT2D eigenvalue weighted by Crippen LogP contribution is -2.39. The lowest BCUT2D eigenvalue weighted by molar-refractivity contribution is -0.143. The molecule has 0 spiro atoms. The van der Waals surface area contributed by atoms with Gasteiger partial charge >= 0.3 is 0 Å². The maximum atomic E-state index is 12.8. The zero-order valence-corrected chi connectivity index (χ0v) is 21.9. The molecule has 6 rings (SSSR count). The quantitative estimate of drug-likeness (QED) is 0.490. The van der Waals surface area contributed by atoms with E-state index in [-0.39, 0.29) is 35.1 Å². The zero-order valence-electron chi connectivity index (χ0n) is 20.3. The molecule has 3 fully saturated rings. The fourth-order valence-corrected chi connectivity index (χ4v) is 7.39. The first-order chi connectivity index (χ1) is 16.6. The molecule has 3 heterocycles. The lowest BCUT2D eigenvalue weighted by atomic mass is 9.81. The van der Waals surface area contributed by atoms with Gasteiger partial charge in [-0.3, -0.25) is 19.2 Å². The summed E-state index contributed by atoms with van der Waals surface area (Å²) in [7, 11) is 1.91. The van der Waals surface area contributed by atoms with Crippen LogP contribution in [0.25, 0.3) is 21.5 Å². The van der Waals surface area contributed by atoms with Gasteiger partial charge in [-0.25, -0.2) is 0 Å². The average molecular weight is 513 g/mol. The summed E-state index contributed by atoms with van der Waals surface area (Å²) in [5, 5.41) is 5.36. The second-order valence-electron chi connectivity index (χ2n) is 10.9. The summed E-state index contributed by atoms with van der Waals surface area (Å²) in [4.78, 5) is 28.0. The van der Waals surface area contributed by atoms with E-state index in [0.717, 1.165) is 50.5 Å². The summed E-state index contributed by atoms with van der Waals surface area (Å²) in [5.41, 5.74) is 9.37. The number of nitrogens with two attached hydrogens (primary N) is 1.